The number of aliphatic hydroxyl groups is 1. The van der Waals surface area contributed by atoms with E-state index in [0.29, 0.717) is 6.61 Å². The smallest absolute Gasteiger partial charge is 0.213 e. The number of hydrogen-bond donors (Lipinski definition) is 1. The minimum absolute atomic E-state index is 0.111. The molecule has 0 aliphatic carbocycles. The maximum absolute atomic E-state index is 9.11. The molecule has 0 radical (unpaired) electrons. The van der Waals surface area contributed by atoms with Crippen molar-refractivity contribution >= 4 is 15.9 Å². The van der Waals surface area contributed by atoms with E-state index in [1.165, 1.54) is 0 Å². The summed E-state index contributed by atoms with van der Waals surface area (Å²) in [6, 6.07) is 6.01. The van der Waals surface area contributed by atoms with E-state index in [-0.39, 0.29) is 6.73 Å². The van der Waals surface area contributed by atoms with E-state index in [0.717, 1.165) is 41.7 Å². The van der Waals surface area contributed by atoms with Gasteiger partial charge in [0.1, 0.15) is 5.75 Å². The van der Waals surface area contributed by atoms with Crippen LogP contribution < -0.4 is 4.74 Å². The third-order valence-corrected chi connectivity index (χ3v) is 4.12. The molecule has 2 heterocycles. The lowest BCUT2D eigenvalue weighted by Crippen LogP contribution is -2.51. The molecule has 18 heavy (non-hydrogen) atoms. The highest BCUT2D eigenvalue weighted by atomic mass is 79.9. The van der Waals surface area contributed by atoms with Crippen molar-refractivity contribution in [1.82, 2.24) is 4.90 Å². The van der Waals surface area contributed by atoms with Gasteiger partial charge in [-0.2, -0.15) is 0 Å². The molecule has 1 spiro atoms. The Morgan fingerprint density at radius 3 is 2.83 bits per heavy atom. The third kappa shape index (κ3) is 2.28. The number of ether oxygens (including phenoxy) is 2. The number of likely N-dealkylation sites (tertiary alicyclic amines) is 1. The average molecular weight is 314 g/mol. The largest absolute Gasteiger partial charge is 0.462 e. The van der Waals surface area contributed by atoms with Crippen LogP contribution in [0, 0.1) is 0 Å². The van der Waals surface area contributed by atoms with E-state index < -0.39 is 5.79 Å². The molecule has 1 fully saturated rings. The van der Waals surface area contributed by atoms with Crippen molar-refractivity contribution in [3.8, 4) is 5.75 Å². The average Bonchev–Trinajstić information content (AvgIpc) is 2.40. The fourth-order valence-corrected chi connectivity index (χ4v) is 2.89. The zero-order valence-corrected chi connectivity index (χ0v) is 11.6. The van der Waals surface area contributed by atoms with E-state index in [4.69, 9.17) is 14.6 Å². The fourth-order valence-electron chi connectivity index (χ4n) is 2.48. The van der Waals surface area contributed by atoms with Crippen LogP contribution in [0.3, 0.4) is 0 Å². The number of fused-ring (bicyclic) bond motifs is 1. The number of halogens is 1. The first-order chi connectivity index (χ1) is 8.71. The Morgan fingerprint density at radius 1 is 1.33 bits per heavy atom. The van der Waals surface area contributed by atoms with E-state index in [9.17, 15) is 0 Å². The molecule has 98 valence electrons. The molecular formula is C13H16BrNO3. The maximum atomic E-state index is 9.11. The van der Waals surface area contributed by atoms with Crippen LogP contribution in [0.5, 0.6) is 5.75 Å². The minimum Gasteiger partial charge on any atom is -0.462 e. The number of rotatable bonds is 1. The first-order valence-electron chi connectivity index (χ1n) is 6.15. The fraction of sp³-hybridized carbons (Fsp3) is 0.538. The summed E-state index contributed by atoms with van der Waals surface area (Å²) >= 11 is 3.45. The van der Waals surface area contributed by atoms with E-state index in [1.807, 2.05) is 23.1 Å². The predicted molar refractivity (Wildman–Crippen MR) is 70.2 cm³/mol. The van der Waals surface area contributed by atoms with Crippen LogP contribution in [0.15, 0.2) is 22.7 Å². The summed E-state index contributed by atoms with van der Waals surface area (Å²) < 4.78 is 13.0. The lowest BCUT2D eigenvalue weighted by Gasteiger charge is -2.43. The zero-order valence-electron chi connectivity index (χ0n) is 10.1. The first kappa shape index (κ1) is 12.4. The number of piperidine rings is 1. The summed E-state index contributed by atoms with van der Waals surface area (Å²) in [6.07, 6.45) is 1.59. The van der Waals surface area contributed by atoms with Crippen LogP contribution in [0.1, 0.15) is 18.4 Å². The van der Waals surface area contributed by atoms with Crippen molar-refractivity contribution in [2.75, 3.05) is 19.8 Å². The van der Waals surface area contributed by atoms with Gasteiger partial charge in [-0.05, 0) is 18.2 Å². The molecule has 0 unspecified atom stereocenters. The second-order valence-corrected chi connectivity index (χ2v) is 5.73. The molecule has 1 N–H and O–H groups in total. The molecule has 1 aromatic rings. The Kier molecular flexibility index (Phi) is 3.32. The van der Waals surface area contributed by atoms with Gasteiger partial charge in [0.15, 0.2) is 0 Å². The summed E-state index contributed by atoms with van der Waals surface area (Å²) in [5.41, 5.74) is 1.08. The molecule has 1 aromatic carbocycles. The van der Waals surface area contributed by atoms with Crippen LogP contribution in [-0.2, 0) is 11.3 Å². The topological polar surface area (TPSA) is 41.9 Å². The molecule has 5 heteroatoms. The normalized spacial score (nSPS) is 22.6. The van der Waals surface area contributed by atoms with Crippen LogP contribution >= 0.6 is 15.9 Å². The SMILES string of the molecule is OCN1CCC2(CC1)OCc1cc(Br)ccc1O2. The Hall–Kier alpha value is -0.620. The number of hydrogen-bond acceptors (Lipinski definition) is 4. The van der Waals surface area contributed by atoms with E-state index in [1.54, 1.807) is 0 Å². The van der Waals surface area contributed by atoms with Gasteiger partial charge in [-0.3, -0.25) is 4.90 Å². The highest BCUT2D eigenvalue weighted by molar-refractivity contribution is 9.10. The summed E-state index contributed by atoms with van der Waals surface area (Å²) in [5.74, 6) is 0.425. The first-order valence-corrected chi connectivity index (χ1v) is 6.95. The number of benzene rings is 1. The molecule has 3 rings (SSSR count). The van der Waals surface area contributed by atoms with Crippen molar-refractivity contribution in [3.63, 3.8) is 0 Å². The van der Waals surface area contributed by atoms with Crippen LogP contribution in [0.25, 0.3) is 0 Å². The van der Waals surface area contributed by atoms with Gasteiger partial charge in [-0.1, -0.05) is 15.9 Å². The molecule has 0 amide bonds. The second kappa shape index (κ2) is 4.81. The van der Waals surface area contributed by atoms with Gasteiger partial charge in [0.2, 0.25) is 5.79 Å². The van der Waals surface area contributed by atoms with Gasteiger partial charge < -0.3 is 14.6 Å². The Bertz CT molecular complexity index is 444. The molecule has 0 aromatic heterocycles. The highest BCUT2D eigenvalue weighted by Crippen LogP contribution is 2.38. The quantitative estimate of drug-likeness (QED) is 0.862. The number of aliphatic hydroxyl groups excluding tert-OH is 1. The lowest BCUT2D eigenvalue weighted by molar-refractivity contribution is -0.230. The molecule has 1 saturated heterocycles. The molecule has 2 aliphatic heterocycles. The van der Waals surface area contributed by atoms with Gasteiger partial charge in [0.05, 0.1) is 13.3 Å². The van der Waals surface area contributed by atoms with Gasteiger partial charge >= 0.3 is 0 Å². The zero-order chi connectivity index (χ0) is 12.6. The van der Waals surface area contributed by atoms with Crippen molar-refractivity contribution in [2.45, 2.75) is 25.2 Å². The second-order valence-electron chi connectivity index (χ2n) is 4.81. The van der Waals surface area contributed by atoms with Gasteiger partial charge in [0.25, 0.3) is 0 Å². The van der Waals surface area contributed by atoms with Crippen LogP contribution in [0.2, 0.25) is 0 Å². The van der Waals surface area contributed by atoms with Gasteiger partial charge in [0, 0.05) is 36.0 Å². The van der Waals surface area contributed by atoms with Crippen LogP contribution in [-0.4, -0.2) is 35.6 Å². The van der Waals surface area contributed by atoms with Gasteiger partial charge in [-0.15, -0.1) is 0 Å². The Morgan fingerprint density at radius 2 is 2.11 bits per heavy atom. The third-order valence-electron chi connectivity index (χ3n) is 3.63. The van der Waals surface area contributed by atoms with Gasteiger partial charge in [-0.25, -0.2) is 0 Å². The van der Waals surface area contributed by atoms with Crippen molar-refractivity contribution in [1.29, 1.82) is 0 Å². The monoisotopic (exact) mass is 313 g/mol. The number of nitrogens with zero attached hydrogens (tertiary/aromatic N) is 1. The molecule has 4 nitrogen and oxygen atoms in total. The molecule has 2 aliphatic rings. The predicted octanol–water partition coefficient (Wildman–Crippen LogP) is 2.10. The highest BCUT2D eigenvalue weighted by Gasteiger charge is 2.40. The standard InChI is InChI=1S/C13H16BrNO3/c14-11-1-2-12-10(7-11)8-17-13(18-12)3-5-15(9-16)6-4-13/h1-2,7,16H,3-6,8-9H2. The minimum atomic E-state index is -0.494. The molecule has 0 bridgehead atoms. The summed E-state index contributed by atoms with van der Waals surface area (Å²) in [6.45, 7) is 2.32. The van der Waals surface area contributed by atoms with E-state index >= 15 is 0 Å². The lowest BCUT2D eigenvalue weighted by atomic mass is 10.0. The summed E-state index contributed by atoms with van der Waals surface area (Å²) in [4.78, 5) is 2.00. The summed E-state index contributed by atoms with van der Waals surface area (Å²) in [5, 5.41) is 9.11. The van der Waals surface area contributed by atoms with E-state index in [2.05, 4.69) is 15.9 Å². The maximum Gasteiger partial charge on any atom is 0.213 e. The van der Waals surface area contributed by atoms with Crippen molar-refractivity contribution < 1.29 is 14.6 Å². The molecular weight excluding hydrogens is 298 g/mol. The Balaban J connectivity index is 1.76. The van der Waals surface area contributed by atoms with Crippen molar-refractivity contribution in [3.05, 3.63) is 28.2 Å². The Labute approximate surface area is 115 Å². The van der Waals surface area contributed by atoms with Crippen molar-refractivity contribution in [2.24, 2.45) is 0 Å². The van der Waals surface area contributed by atoms with Crippen LogP contribution in [0.4, 0.5) is 0 Å². The molecule has 0 atom stereocenters. The molecule has 0 saturated carbocycles. The summed E-state index contributed by atoms with van der Waals surface area (Å²) in [7, 11) is 0.